The maximum Gasteiger partial charge on any atom is 0.407 e. The highest BCUT2D eigenvalue weighted by Crippen LogP contribution is 2.51. The van der Waals surface area contributed by atoms with Crippen molar-refractivity contribution in [3.8, 4) is 0 Å². The molecule has 14 heteroatoms. The van der Waals surface area contributed by atoms with Gasteiger partial charge in [-0.3, -0.25) is 9.69 Å². The summed E-state index contributed by atoms with van der Waals surface area (Å²) in [4.78, 5) is 32.1. The number of amides is 2. The topological polar surface area (TPSA) is 102 Å². The molecular formula is C42H52F3N5O5S. The molecule has 0 spiro atoms. The Morgan fingerprint density at radius 1 is 0.893 bits per heavy atom. The van der Waals surface area contributed by atoms with Crippen LogP contribution in [0.3, 0.4) is 0 Å². The Morgan fingerprint density at radius 3 is 2.20 bits per heavy atom. The van der Waals surface area contributed by atoms with Gasteiger partial charge in [-0.2, -0.15) is 0 Å². The molecule has 4 aliphatic rings. The molecule has 4 fully saturated rings. The number of piperidine rings is 1. The number of nitrogens with zero attached hydrogens (tertiary/aromatic N) is 4. The van der Waals surface area contributed by atoms with Crippen molar-refractivity contribution in [3.63, 3.8) is 0 Å². The van der Waals surface area contributed by atoms with Gasteiger partial charge in [0.25, 0.3) is 5.91 Å². The minimum atomic E-state index is -4.06. The molecule has 3 aromatic carbocycles. The quantitative estimate of drug-likeness (QED) is 0.242. The van der Waals surface area contributed by atoms with Crippen LogP contribution in [0.25, 0.3) is 0 Å². The summed E-state index contributed by atoms with van der Waals surface area (Å²) in [6, 6.07) is 16.3. The maximum atomic E-state index is 16.3. The number of likely N-dealkylation sites (tertiary alicyclic amines) is 2. The molecule has 1 aliphatic carbocycles. The van der Waals surface area contributed by atoms with Gasteiger partial charge in [-0.25, -0.2) is 26.4 Å². The number of sulfone groups is 1. The molecule has 10 nitrogen and oxygen atoms in total. The summed E-state index contributed by atoms with van der Waals surface area (Å²) in [6.45, 7) is 4.77. The van der Waals surface area contributed by atoms with Crippen LogP contribution >= 0.6 is 0 Å². The average Bonchev–Trinajstić information content (AvgIpc) is 3.61. The van der Waals surface area contributed by atoms with Crippen molar-refractivity contribution >= 4 is 27.5 Å². The van der Waals surface area contributed by atoms with Crippen LogP contribution in [0.2, 0.25) is 0 Å². The monoisotopic (exact) mass is 795 g/mol. The highest BCUT2D eigenvalue weighted by atomic mass is 32.2. The fraction of sp³-hybridized carbons (Fsp3) is 0.524. The number of hydrogen-bond acceptors (Lipinski definition) is 8. The number of ether oxygens (including phenoxy) is 1. The summed E-state index contributed by atoms with van der Waals surface area (Å²) in [7, 11) is 0.285. The van der Waals surface area contributed by atoms with Gasteiger partial charge in [-0.1, -0.05) is 18.6 Å². The van der Waals surface area contributed by atoms with E-state index < -0.39 is 38.7 Å². The average molecular weight is 796 g/mol. The third-order valence-electron chi connectivity index (χ3n) is 12.6. The highest BCUT2D eigenvalue weighted by Gasteiger charge is 2.54. The fourth-order valence-electron chi connectivity index (χ4n) is 9.71. The second kappa shape index (κ2) is 16.0. The third-order valence-corrected chi connectivity index (χ3v) is 14.4. The minimum absolute atomic E-state index is 0.0318. The number of carbonyl (C=O) groups is 2. The predicted octanol–water partition coefficient (Wildman–Crippen LogP) is 5.91. The molecule has 0 bridgehead atoms. The van der Waals surface area contributed by atoms with Gasteiger partial charge in [0.05, 0.1) is 35.6 Å². The van der Waals surface area contributed by atoms with Crippen molar-refractivity contribution in [3.05, 3.63) is 89.5 Å². The van der Waals surface area contributed by atoms with Crippen molar-refractivity contribution in [2.75, 3.05) is 78.5 Å². The molecule has 0 aromatic heterocycles. The second-order valence-electron chi connectivity index (χ2n) is 16.4. The lowest BCUT2D eigenvalue weighted by atomic mass is 9.57. The van der Waals surface area contributed by atoms with Gasteiger partial charge >= 0.3 is 6.09 Å². The van der Waals surface area contributed by atoms with E-state index in [0.717, 1.165) is 69.8 Å². The summed E-state index contributed by atoms with van der Waals surface area (Å²) >= 11 is 0. The Morgan fingerprint density at radius 2 is 1.59 bits per heavy atom. The van der Waals surface area contributed by atoms with E-state index in [1.807, 2.05) is 4.90 Å². The van der Waals surface area contributed by atoms with E-state index in [4.69, 9.17) is 4.74 Å². The lowest BCUT2D eigenvalue weighted by Crippen LogP contribution is -2.65. The molecule has 3 saturated heterocycles. The largest absolute Gasteiger partial charge is 0.453 e. The predicted molar refractivity (Wildman–Crippen MR) is 207 cm³/mol. The number of methoxy groups -OCH3 is 1. The Bertz CT molecular complexity index is 2020. The van der Waals surface area contributed by atoms with E-state index in [1.54, 1.807) is 24.3 Å². The van der Waals surface area contributed by atoms with Crippen LogP contribution in [0, 0.1) is 23.5 Å². The van der Waals surface area contributed by atoms with Gasteiger partial charge in [0.2, 0.25) is 9.84 Å². The zero-order chi connectivity index (χ0) is 39.8. The molecule has 1 saturated carbocycles. The first-order valence-electron chi connectivity index (χ1n) is 19.6. The van der Waals surface area contributed by atoms with Crippen molar-refractivity contribution < 1.29 is 35.9 Å². The Kier molecular flexibility index (Phi) is 11.5. The number of alkyl halides is 1. The lowest BCUT2D eigenvalue weighted by molar-refractivity contribution is 0.00584. The zero-order valence-electron chi connectivity index (χ0n) is 32.4. The third kappa shape index (κ3) is 7.89. The lowest BCUT2D eigenvalue weighted by Gasteiger charge is -2.54. The second-order valence-corrected chi connectivity index (χ2v) is 18.3. The van der Waals surface area contributed by atoms with Crippen molar-refractivity contribution in [1.29, 1.82) is 0 Å². The normalized spacial score (nSPS) is 22.8. The molecular weight excluding hydrogens is 744 g/mol. The molecule has 0 radical (unpaired) electrons. The van der Waals surface area contributed by atoms with Crippen LogP contribution in [0.4, 0.5) is 23.7 Å². The van der Waals surface area contributed by atoms with Gasteiger partial charge in [0.1, 0.15) is 11.6 Å². The Labute approximate surface area is 327 Å². The van der Waals surface area contributed by atoms with E-state index in [2.05, 4.69) is 21.2 Å². The van der Waals surface area contributed by atoms with E-state index in [1.165, 1.54) is 56.4 Å². The number of benzene rings is 3. The number of carbonyl (C=O) groups excluding carboxylic acids is 2. The van der Waals surface area contributed by atoms with Crippen molar-refractivity contribution in [2.45, 2.75) is 65.4 Å². The van der Waals surface area contributed by atoms with Gasteiger partial charge < -0.3 is 24.8 Å². The van der Waals surface area contributed by atoms with Crippen LogP contribution in [0.15, 0.2) is 76.5 Å². The van der Waals surface area contributed by atoms with Crippen LogP contribution < -0.4 is 10.2 Å². The number of nitrogens with one attached hydrogen (secondary N) is 1. The standard InChI is InChI=1S/C42H52F3N5O5S/c1-47(2)39(51)35-16-15-34(24-37(35)44)56(53,54)33-13-11-32(12-14-33)50-26-41(45,27-50)25-49-21-17-29(18-22-49)42(28-48-19-6-20-48,30-7-4-8-31(43)23-30)36-9-5-10-38(36)46-40(52)55-3/h4,7-8,11-16,23-24,29,36,38H,5-6,9-10,17-22,25-28H2,1-3H3,(H,46,52)/t36-,38-,42-/m0/s1. The minimum Gasteiger partial charge on any atom is -0.453 e. The number of rotatable bonds is 12. The van der Waals surface area contributed by atoms with Crippen LogP contribution in [0.1, 0.15) is 54.4 Å². The van der Waals surface area contributed by atoms with Crippen molar-refractivity contribution in [2.24, 2.45) is 11.8 Å². The van der Waals surface area contributed by atoms with E-state index in [9.17, 15) is 26.8 Å². The van der Waals surface area contributed by atoms with Gasteiger partial charge in [-0.15, -0.1) is 0 Å². The van der Waals surface area contributed by atoms with E-state index in [-0.39, 0.29) is 58.7 Å². The SMILES string of the molecule is COC(=O)N[C@H]1CCC[C@@H]1[C@](CN1CCC1)(c1cccc(F)c1)C1CCN(CC2(F)CN(c3ccc(S(=O)(=O)c4ccc(C(=O)N(C)C)c(F)c4)cc3)C2)CC1. The molecule has 0 unspecified atom stereocenters. The summed E-state index contributed by atoms with van der Waals surface area (Å²) < 4.78 is 77.6. The first-order chi connectivity index (χ1) is 26.7. The molecule has 3 atom stereocenters. The molecule has 56 heavy (non-hydrogen) atoms. The van der Waals surface area contributed by atoms with Crippen LogP contribution in [-0.4, -0.2) is 120 Å². The van der Waals surface area contributed by atoms with Crippen molar-refractivity contribution in [1.82, 2.24) is 20.0 Å². The number of halogens is 3. The highest BCUT2D eigenvalue weighted by molar-refractivity contribution is 7.91. The molecule has 3 aromatic rings. The first-order valence-corrected chi connectivity index (χ1v) is 21.1. The number of hydrogen-bond donors (Lipinski definition) is 1. The summed E-state index contributed by atoms with van der Waals surface area (Å²) in [5.41, 5.74) is -0.401. The van der Waals surface area contributed by atoms with Crippen LogP contribution in [0.5, 0.6) is 0 Å². The Hall–Kier alpha value is -4.14. The molecule has 302 valence electrons. The van der Waals surface area contributed by atoms with Gasteiger partial charge in [0.15, 0.2) is 5.67 Å². The molecule has 3 aliphatic heterocycles. The first kappa shape index (κ1) is 40.1. The zero-order valence-corrected chi connectivity index (χ0v) is 33.2. The smallest absolute Gasteiger partial charge is 0.407 e. The molecule has 3 heterocycles. The molecule has 7 rings (SSSR count). The van der Waals surface area contributed by atoms with Gasteiger partial charge in [-0.05, 0) is 130 Å². The Balaban J connectivity index is 1.01. The fourth-order valence-corrected chi connectivity index (χ4v) is 11.0. The van der Waals surface area contributed by atoms with Gasteiger partial charge in [0, 0.05) is 44.3 Å². The molecule has 1 N–H and O–H groups in total. The maximum absolute atomic E-state index is 16.3. The summed E-state index contributed by atoms with van der Waals surface area (Å²) in [6.07, 6.45) is 5.03. The molecule has 2 amide bonds. The number of alkyl carbamates (subject to hydrolysis) is 1. The van der Waals surface area contributed by atoms with Crippen LogP contribution in [-0.2, 0) is 20.0 Å². The van der Waals surface area contributed by atoms with E-state index >= 15 is 4.39 Å². The number of anilines is 1. The van der Waals surface area contributed by atoms with E-state index in [0.29, 0.717) is 18.8 Å². The summed E-state index contributed by atoms with van der Waals surface area (Å²) in [5.74, 6) is -1.46. The summed E-state index contributed by atoms with van der Waals surface area (Å²) in [5, 5.41) is 3.12.